The number of ether oxygens (including phenoxy) is 3. The molecule has 0 spiro atoms. The van der Waals surface area contributed by atoms with Gasteiger partial charge < -0.3 is 14.2 Å². The van der Waals surface area contributed by atoms with Gasteiger partial charge in [0.15, 0.2) is 5.79 Å². The minimum absolute atomic E-state index is 0.140. The molecule has 0 heterocycles. The van der Waals surface area contributed by atoms with Crippen molar-refractivity contribution in [3.8, 4) is 5.75 Å². The van der Waals surface area contributed by atoms with E-state index in [9.17, 15) is 8.42 Å². The summed E-state index contributed by atoms with van der Waals surface area (Å²) in [7, 11) is -0.487. The fraction of sp³-hybridized carbons (Fsp3) is 0.571. The van der Waals surface area contributed by atoms with Crippen LogP contribution in [0.5, 0.6) is 5.75 Å². The van der Waals surface area contributed by atoms with Crippen molar-refractivity contribution in [3.63, 3.8) is 0 Å². The Labute approximate surface area is 126 Å². The summed E-state index contributed by atoms with van der Waals surface area (Å²) in [6, 6.07) is 7.16. The average molecular weight is 318 g/mol. The Balaban J connectivity index is 2.99. The van der Waals surface area contributed by atoms with E-state index < -0.39 is 22.0 Å². The molecule has 0 saturated heterocycles. The van der Waals surface area contributed by atoms with Crippen LogP contribution in [-0.4, -0.2) is 41.3 Å². The quantitative estimate of drug-likeness (QED) is 0.540. The van der Waals surface area contributed by atoms with E-state index in [0.717, 1.165) is 11.8 Å². The molecule has 0 saturated carbocycles. The molecule has 120 valence electrons. The first-order valence-electron chi connectivity index (χ1n) is 6.38. The molecule has 0 aliphatic rings. The van der Waals surface area contributed by atoms with Crippen molar-refractivity contribution in [1.82, 2.24) is 0 Å². The van der Waals surface area contributed by atoms with Crippen molar-refractivity contribution in [2.45, 2.75) is 25.7 Å². The highest BCUT2D eigenvalue weighted by Crippen LogP contribution is 2.27. The normalized spacial score (nSPS) is 14.0. The van der Waals surface area contributed by atoms with Crippen LogP contribution in [0.2, 0.25) is 0 Å². The Morgan fingerprint density at radius 2 is 1.90 bits per heavy atom. The maximum atomic E-state index is 11.2. The average Bonchev–Trinajstić information content (AvgIpc) is 2.42. The lowest BCUT2D eigenvalue weighted by Crippen LogP contribution is -2.31. The second kappa shape index (κ2) is 7.22. The molecule has 0 aliphatic heterocycles. The highest BCUT2D eigenvalue weighted by Gasteiger charge is 2.26. The fourth-order valence-corrected chi connectivity index (χ4v) is 1.99. The topological polar surface area (TPSA) is 71.1 Å². The first-order valence-corrected chi connectivity index (χ1v) is 8.20. The zero-order chi connectivity index (χ0) is 16.1. The maximum absolute atomic E-state index is 11.2. The molecule has 0 aliphatic carbocycles. The summed E-state index contributed by atoms with van der Waals surface area (Å²) in [5.74, 6) is -0.232. The lowest BCUT2D eigenvalue weighted by molar-refractivity contribution is -0.230. The molecule has 0 bridgehead atoms. The van der Waals surface area contributed by atoms with Crippen molar-refractivity contribution in [1.29, 1.82) is 0 Å². The molecule has 21 heavy (non-hydrogen) atoms. The number of hydrogen-bond acceptors (Lipinski definition) is 6. The molecule has 0 aromatic heterocycles. The van der Waals surface area contributed by atoms with Crippen LogP contribution in [0, 0.1) is 0 Å². The smallest absolute Gasteiger partial charge is 0.264 e. The molecule has 0 amide bonds. The van der Waals surface area contributed by atoms with Gasteiger partial charge in [0, 0.05) is 7.11 Å². The van der Waals surface area contributed by atoms with Gasteiger partial charge in [0.05, 0.1) is 20.0 Å². The SMILES string of the molecule is COc1cccc(C(COS(C)(=O)=O)OC(C)(C)OC)c1. The van der Waals surface area contributed by atoms with Crippen molar-refractivity contribution in [2.75, 3.05) is 27.1 Å². The monoisotopic (exact) mass is 318 g/mol. The van der Waals surface area contributed by atoms with Crippen LogP contribution in [0.1, 0.15) is 25.5 Å². The van der Waals surface area contributed by atoms with Crippen molar-refractivity contribution in [3.05, 3.63) is 29.8 Å². The molecule has 1 rings (SSSR count). The second-order valence-corrected chi connectivity index (χ2v) is 6.62. The third-order valence-electron chi connectivity index (χ3n) is 2.82. The third kappa shape index (κ3) is 6.43. The molecular formula is C14H22O6S. The van der Waals surface area contributed by atoms with E-state index >= 15 is 0 Å². The van der Waals surface area contributed by atoms with Gasteiger partial charge in [-0.15, -0.1) is 0 Å². The summed E-state index contributed by atoms with van der Waals surface area (Å²) in [6.07, 6.45) is 0.390. The van der Waals surface area contributed by atoms with Crippen LogP contribution in [0.3, 0.4) is 0 Å². The van der Waals surface area contributed by atoms with Gasteiger partial charge >= 0.3 is 0 Å². The molecule has 0 radical (unpaired) electrons. The van der Waals surface area contributed by atoms with Crippen LogP contribution >= 0.6 is 0 Å². The van der Waals surface area contributed by atoms with Gasteiger partial charge in [-0.3, -0.25) is 4.18 Å². The van der Waals surface area contributed by atoms with Crippen molar-refractivity contribution < 1.29 is 26.8 Å². The largest absolute Gasteiger partial charge is 0.497 e. The molecule has 1 aromatic carbocycles. The molecule has 7 heteroatoms. The Kier molecular flexibility index (Phi) is 6.15. The Morgan fingerprint density at radius 3 is 2.43 bits per heavy atom. The Hall–Kier alpha value is -1.15. The van der Waals surface area contributed by atoms with Crippen molar-refractivity contribution in [2.24, 2.45) is 0 Å². The van der Waals surface area contributed by atoms with Crippen molar-refractivity contribution >= 4 is 10.1 Å². The van der Waals surface area contributed by atoms with E-state index in [2.05, 4.69) is 0 Å². The van der Waals surface area contributed by atoms with Gasteiger partial charge in [-0.2, -0.15) is 8.42 Å². The Bertz CT molecular complexity index is 552. The highest BCUT2D eigenvalue weighted by atomic mass is 32.2. The molecule has 1 unspecified atom stereocenters. The predicted octanol–water partition coefficient (Wildman–Crippen LogP) is 2.11. The van der Waals surface area contributed by atoms with Gasteiger partial charge in [-0.1, -0.05) is 12.1 Å². The maximum Gasteiger partial charge on any atom is 0.264 e. The summed E-state index contributed by atoms with van der Waals surface area (Å²) in [5, 5.41) is 0. The second-order valence-electron chi connectivity index (χ2n) is 4.98. The van der Waals surface area contributed by atoms with Crippen LogP contribution < -0.4 is 4.74 Å². The predicted molar refractivity (Wildman–Crippen MR) is 78.7 cm³/mol. The van der Waals surface area contributed by atoms with Gasteiger partial charge in [0.2, 0.25) is 0 Å². The third-order valence-corrected chi connectivity index (χ3v) is 3.38. The summed E-state index contributed by atoms with van der Waals surface area (Å²) in [4.78, 5) is 0. The van der Waals surface area contributed by atoms with E-state index in [1.165, 1.54) is 7.11 Å². The van der Waals surface area contributed by atoms with Gasteiger partial charge in [0.1, 0.15) is 11.9 Å². The molecule has 0 N–H and O–H groups in total. The van der Waals surface area contributed by atoms with Crippen LogP contribution in [0.15, 0.2) is 24.3 Å². The van der Waals surface area contributed by atoms with E-state index in [4.69, 9.17) is 18.4 Å². The minimum Gasteiger partial charge on any atom is -0.497 e. The minimum atomic E-state index is -3.56. The lowest BCUT2D eigenvalue weighted by Gasteiger charge is -2.29. The molecule has 1 atom stereocenters. The summed E-state index contributed by atoms with van der Waals surface area (Å²) in [5.41, 5.74) is 0.739. The number of hydrogen-bond donors (Lipinski definition) is 0. The first kappa shape index (κ1) is 17.9. The molecule has 1 aromatic rings. The molecular weight excluding hydrogens is 296 g/mol. The van der Waals surface area contributed by atoms with E-state index in [-0.39, 0.29) is 6.61 Å². The van der Waals surface area contributed by atoms with Crippen LogP contribution in [0.25, 0.3) is 0 Å². The van der Waals surface area contributed by atoms with Crippen LogP contribution in [-0.2, 0) is 23.8 Å². The van der Waals surface area contributed by atoms with Gasteiger partial charge in [-0.25, -0.2) is 0 Å². The first-order chi connectivity index (χ1) is 9.67. The Morgan fingerprint density at radius 1 is 1.24 bits per heavy atom. The molecule has 0 fully saturated rings. The number of rotatable bonds is 8. The standard InChI is InChI=1S/C14H22O6S/c1-14(2,18-4)20-13(10-19-21(5,15)16)11-7-6-8-12(9-11)17-3/h6-9,13H,10H2,1-5H3. The van der Waals surface area contributed by atoms with Crippen LogP contribution in [0.4, 0.5) is 0 Å². The van der Waals surface area contributed by atoms with E-state index in [1.807, 2.05) is 6.07 Å². The van der Waals surface area contributed by atoms with Gasteiger partial charge in [-0.05, 0) is 31.5 Å². The van der Waals surface area contributed by atoms with Gasteiger partial charge in [0.25, 0.3) is 10.1 Å². The number of benzene rings is 1. The van der Waals surface area contributed by atoms with E-state index in [0.29, 0.717) is 5.75 Å². The highest BCUT2D eigenvalue weighted by molar-refractivity contribution is 7.85. The van der Waals surface area contributed by atoms with E-state index in [1.54, 1.807) is 39.2 Å². The zero-order valence-electron chi connectivity index (χ0n) is 13.0. The lowest BCUT2D eigenvalue weighted by atomic mass is 10.1. The summed E-state index contributed by atoms with van der Waals surface area (Å²) >= 11 is 0. The summed E-state index contributed by atoms with van der Waals surface area (Å²) < 4.78 is 43.4. The summed E-state index contributed by atoms with van der Waals surface area (Å²) in [6.45, 7) is 3.33. The molecule has 6 nitrogen and oxygen atoms in total. The zero-order valence-corrected chi connectivity index (χ0v) is 13.8. The number of methoxy groups -OCH3 is 2. The fourth-order valence-electron chi connectivity index (χ4n) is 1.62.